The first-order chi connectivity index (χ1) is 14.4. The molecule has 3 rings (SSSR count). The average Bonchev–Trinajstić information content (AvgIpc) is 2.75. The fourth-order valence-corrected chi connectivity index (χ4v) is 5.06. The summed E-state index contributed by atoms with van der Waals surface area (Å²) < 4.78 is 5.32. The van der Waals surface area contributed by atoms with Gasteiger partial charge >= 0.3 is 5.97 Å². The molecule has 1 aromatic rings. The van der Waals surface area contributed by atoms with Crippen LogP contribution in [0.2, 0.25) is 0 Å². The third-order valence-electron chi connectivity index (χ3n) is 5.80. The second kappa shape index (κ2) is 10.8. The Bertz CT molecular complexity index is 769. The number of thioether (sulfide) groups is 1. The van der Waals surface area contributed by atoms with E-state index < -0.39 is 5.97 Å². The highest BCUT2D eigenvalue weighted by Crippen LogP contribution is 2.25. The van der Waals surface area contributed by atoms with Gasteiger partial charge in [0.2, 0.25) is 5.91 Å². The van der Waals surface area contributed by atoms with Crippen LogP contribution in [0.5, 0.6) is 0 Å². The van der Waals surface area contributed by atoms with Gasteiger partial charge in [-0.25, -0.2) is 4.79 Å². The van der Waals surface area contributed by atoms with Gasteiger partial charge in [0.25, 0.3) is 5.91 Å². The van der Waals surface area contributed by atoms with E-state index in [9.17, 15) is 14.4 Å². The van der Waals surface area contributed by atoms with Crippen molar-refractivity contribution in [3.63, 3.8) is 0 Å². The highest BCUT2D eigenvalue weighted by Gasteiger charge is 2.24. The van der Waals surface area contributed by atoms with Crippen molar-refractivity contribution in [3.05, 3.63) is 29.8 Å². The number of piperidine rings is 2. The topological polar surface area (TPSA) is 66.9 Å². The Labute approximate surface area is 183 Å². The van der Waals surface area contributed by atoms with Gasteiger partial charge in [-0.05, 0) is 49.7 Å². The summed E-state index contributed by atoms with van der Waals surface area (Å²) >= 11 is 1.35. The summed E-state index contributed by atoms with van der Waals surface area (Å²) in [6, 6.07) is 7.11. The molecule has 2 atom stereocenters. The van der Waals surface area contributed by atoms with Crippen LogP contribution in [0.25, 0.3) is 0 Å². The number of amides is 2. The summed E-state index contributed by atoms with van der Waals surface area (Å²) in [5.41, 5.74) is 0.405. The first kappa shape index (κ1) is 22.7. The Hall–Kier alpha value is -2.02. The predicted octanol–water partition coefficient (Wildman–Crippen LogP) is 3.45. The van der Waals surface area contributed by atoms with Gasteiger partial charge in [-0.15, -0.1) is 11.8 Å². The molecule has 0 aliphatic carbocycles. The molecule has 0 radical (unpaired) electrons. The third-order valence-corrected chi connectivity index (χ3v) is 6.86. The van der Waals surface area contributed by atoms with E-state index in [-0.39, 0.29) is 18.4 Å². The van der Waals surface area contributed by atoms with Crippen molar-refractivity contribution in [3.8, 4) is 0 Å². The highest BCUT2D eigenvalue weighted by atomic mass is 32.2. The number of nitrogens with zero attached hydrogens (tertiary/aromatic N) is 2. The zero-order valence-electron chi connectivity index (χ0n) is 18.0. The molecule has 30 heavy (non-hydrogen) atoms. The van der Waals surface area contributed by atoms with Crippen LogP contribution in [-0.4, -0.2) is 66.1 Å². The molecule has 0 saturated carbocycles. The lowest BCUT2D eigenvalue weighted by Gasteiger charge is -2.31. The van der Waals surface area contributed by atoms with Crippen molar-refractivity contribution in [1.82, 2.24) is 9.80 Å². The Morgan fingerprint density at radius 3 is 2.20 bits per heavy atom. The summed E-state index contributed by atoms with van der Waals surface area (Å²) in [6.45, 7) is 7.12. The minimum absolute atomic E-state index is 0.101. The predicted molar refractivity (Wildman–Crippen MR) is 117 cm³/mol. The van der Waals surface area contributed by atoms with Gasteiger partial charge in [-0.1, -0.05) is 26.0 Å². The van der Waals surface area contributed by atoms with E-state index in [1.165, 1.54) is 18.2 Å². The number of hydrogen-bond acceptors (Lipinski definition) is 5. The Morgan fingerprint density at radius 2 is 1.57 bits per heavy atom. The van der Waals surface area contributed by atoms with E-state index in [4.69, 9.17) is 4.74 Å². The maximum absolute atomic E-state index is 12.6. The molecule has 2 fully saturated rings. The van der Waals surface area contributed by atoms with E-state index in [1.54, 1.807) is 17.0 Å². The lowest BCUT2D eigenvalue weighted by molar-refractivity contribution is -0.136. The summed E-state index contributed by atoms with van der Waals surface area (Å²) in [5.74, 6) is 0.752. The standard InChI is InChI=1S/C23H32N2O4S/c1-17-7-5-11-24(13-17)21(26)15-29-23(28)19-9-3-4-10-20(19)30-16-22(27)25-12-6-8-18(2)14-25/h3-4,9-10,17-18H,5-8,11-16H2,1-2H3. The number of esters is 1. The third kappa shape index (κ3) is 6.24. The summed E-state index contributed by atoms with van der Waals surface area (Å²) in [4.78, 5) is 41.9. The maximum atomic E-state index is 12.6. The second-order valence-corrected chi connectivity index (χ2v) is 9.55. The number of hydrogen-bond donors (Lipinski definition) is 0. The Balaban J connectivity index is 1.53. The van der Waals surface area contributed by atoms with Crippen LogP contribution in [0.15, 0.2) is 29.2 Å². The number of rotatable bonds is 6. The summed E-state index contributed by atoms with van der Waals surface area (Å²) in [5, 5.41) is 0. The molecule has 0 bridgehead atoms. The highest BCUT2D eigenvalue weighted by molar-refractivity contribution is 8.00. The van der Waals surface area contributed by atoms with E-state index in [0.717, 1.165) is 45.4 Å². The molecular weight excluding hydrogens is 400 g/mol. The fraction of sp³-hybridized carbons (Fsp3) is 0.609. The first-order valence-electron chi connectivity index (χ1n) is 10.9. The lowest BCUT2D eigenvalue weighted by Crippen LogP contribution is -2.41. The number of likely N-dealkylation sites (tertiary alicyclic amines) is 2. The molecule has 164 valence electrons. The van der Waals surface area contributed by atoms with Crippen molar-refractivity contribution in [2.75, 3.05) is 38.5 Å². The van der Waals surface area contributed by atoms with Crippen molar-refractivity contribution >= 4 is 29.5 Å². The average molecular weight is 433 g/mol. The zero-order valence-corrected chi connectivity index (χ0v) is 18.8. The van der Waals surface area contributed by atoms with Gasteiger partial charge in [-0.2, -0.15) is 0 Å². The smallest absolute Gasteiger partial charge is 0.339 e. The van der Waals surface area contributed by atoms with Gasteiger partial charge in [0.15, 0.2) is 6.61 Å². The van der Waals surface area contributed by atoms with Crippen LogP contribution in [0.3, 0.4) is 0 Å². The van der Waals surface area contributed by atoms with Crippen LogP contribution >= 0.6 is 11.8 Å². The van der Waals surface area contributed by atoms with Gasteiger partial charge < -0.3 is 14.5 Å². The molecular formula is C23H32N2O4S. The van der Waals surface area contributed by atoms with Crippen LogP contribution in [-0.2, 0) is 14.3 Å². The minimum Gasteiger partial charge on any atom is -0.452 e. The summed E-state index contributed by atoms with van der Waals surface area (Å²) in [7, 11) is 0. The molecule has 2 aliphatic rings. The second-order valence-electron chi connectivity index (χ2n) is 8.54. The number of carbonyl (C=O) groups excluding carboxylic acids is 3. The van der Waals surface area contributed by atoms with E-state index in [0.29, 0.717) is 28.0 Å². The summed E-state index contributed by atoms with van der Waals surface area (Å²) in [6.07, 6.45) is 4.33. The van der Waals surface area contributed by atoms with Crippen LogP contribution in [0, 0.1) is 11.8 Å². The fourth-order valence-electron chi connectivity index (χ4n) is 4.12. The maximum Gasteiger partial charge on any atom is 0.339 e. The molecule has 1 aromatic carbocycles. The zero-order chi connectivity index (χ0) is 21.5. The molecule has 0 spiro atoms. The van der Waals surface area contributed by atoms with Crippen molar-refractivity contribution < 1.29 is 19.1 Å². The molecule has 0 N–H and O–H groups in total. The van der Waals surface area contributed by atoms with Crippen LogP contribution < -0.4 is 0 Å². The van der Waals surface area contributed by atoms with Gasteiger partial charge in [0.05, 0.1) is 11.3 Å². The minimum atomic E-state index is -0.518. The molecule has 2 aliphatic heterocycles. The van der Waals surface area contributed by atoms with Gasteiger partial charge in [-0.3, -0.25) is 9.59 Å². The van der Waals surface area contributed by atoms with Crippen LogP contribution in [0.1, 0.15) is 49.9 Å². The molecule has 2 saturated heterocycles. The number of ether oxygens (including phenoxy) is 1. The van der Waals surface area contributed by atoms with E-state index in [1.807, 2.05) is 17.0 Å². The quantitative estimate of drug-likeness (QED) is 0.509. The molecule has 2 unspecified atom stereocenters. The van der Waals surface area contributed by atoms with Gasteiger partial charge in [0.1, 0.15) is 0 Å². The molecule has 0 aromatic heterocycles. The number of carbonyl (C=O) groups is 3. The van der Waals surface area contributed by atoms with E-state index in [2.05, 4.69) is 13.8 Å². The van der Waals surface area contributed by atoms with E-state index >= 15 is 0 Å². The van der Waals surface area contributed by atoms with Crippen molar-refractivity contribution in [2.45, 2.75) is 44.4 Å². The number of benzene rings is 1. The normalized spacial score (nSPS) is 21.9. The monoisotopic (exact) mass is 432 g/mol. The molecule has 2 heterocycles. The lowest BCUT2D eigenvalue weighted by atomic mass is 10.0. The SMILES string of the molecule is CC1CCCN(C(=O)COC(=O)c2ccccc2SCC(=O)N2CCCC(C)C2)C1. The Morgan fingerprint density at radius 1 is 0.967 bits per heavy atom. The van der Waals surface area contributed by atoms with Crippen molar-refractivity contribution in [1.29, 1.82) is 0 Å². The Kier molecular flexibility index (Phi) is 8.19. The van der Waals surface area contributed by atoms with Gasteiger partial charge in [0, 0.05) is 31.1 Å². The van der Waals surface area contributed by atoms with Crippen LogP contribution in [0.4, 0.5) is 0 Å². The molecule has 7 heteroatoms. The largest absolute Gasteiger partial charge is 0.452 e. The molecule has 2 amide bonds. The molecule has 6 nitrogen and oxygen atoms in total. The van der Waals surface area contributed by atoms with Crippen molar-refractivity contribution in [2.24, 2.45) is 11.8 Å². The first-order valence-corrected chi connectivity index (χ1v) is 11.9.